The fraction of sp³-hybridized carbons (Fsp3) is 0.500. The topological polar surface area (TPSA) is 86.0 Å². The molecular weight excluding hydrogens is 472 g/mol. The molecular formula is C32H44N4O2. The van der Waals surface area contributed by atoms with Crippen molar-refractivity contribution in [3.05, 3.63) is 70.9 Å². The van der Waals surface area contributed by atoms with Gasteiger partial charge in [0.25, 0.3) is 0 Å². The van der Waals surface area contributed by atoms with Crippen molar-refractivity contribution in [3.63, 3.8) is 0 Å². The summed E-state index contributed by atoms with van der Waals surface area (Å²) >= 11 is 0. The average Bonchev–Trinajstić information content (AvgIpc) is 3.33. The van der Waals surface area contributed by atoms with Gasteiger partial charge < -0.3 is 20.9 Å². The molecule has 2 aromatic carbocycles. The number of carbonyl (C=O) groups excluding carboxylic acids is 2. The van der Waals surface area contributed by atoms with Crippen LogP contribution in [0.3, 0.4) is 0 Å². The van der Waals surface area contributed by atoms with Crippen molar-refractivity contribution in [2.45, 2.75) is 90.6 Å². The molecule has 3 amide bonds. The second kappa shape index (κ2) is 13.0. The van der Waals surface area contributed by atoms with E-state index in [2.05, 4.69) is 72.9 Å². The summed E-state index contributed by atoms with van der Waals surface area (Å²) in [5.41, 5.74) is 5.71. The van der Waals surface area contributed by atoms with E-state index in [1.165, 1.54) is 36.0 Å². The largest absolute Gasteiger partial charge is 0.361 e. The summed E-state index contributed by atoms with van der Waals surface area (Å²) in [5.74, 6) is 1.11. The molecule has 0 bridgehead atoms. The van der Waals surface area contributed by atoms with E-state index in [9.17, 15) is 9.59 Å². The number of aromatic nitrogens is 1. The summed E-state index contributed by atoms with van der Waals surface area (Å²) in [4.78, 5) is 29.9. The van der Waals surface area contributed by atoms with Crippen molar-refractivity contribution in [1.29, 1.82) is 0 Å². The van der Waals surface area contributed by atoms with Gasteiger partial charge in [-0.1, -0.05) is 83.4 Å². The zero-order chi connectivity index (χ0) is 27.1. The molecule has 6 nitrogen and oxygen atoms in total. The van der Waals surface area contributed by atoms with Gasteiger partial charge in [-0.3, -0.25) is 4.79 Å². The third-order valence-corrected chi connectivity index (χ3v) is 7.93. The molecule has 0 radical (unpaired) electrons. The number of carbonyl (C=O) groups is 2. The number of rotatable bonds is 10. The molecule has 4 rings (SSSR count). The number of nitrogens with one attached hydrogen (secondary N) is 4. The minimum Gasteiger partial charge on any atom is -0.361 e. The first-order chi connectivity index (χ1) is 18.3. The highest BCUT2D eigenvalue weighted by Crippen LogP contribution is 2.28. The molecule has 204 valence electrons. The Morgan fingerprint density at radius 1 is 0.895 bits per heavy atom. The van der Waals surface area contributed by atoms with Gasteiger partial charge in [-0.05, 0) is 58.9 Å². The number of fused-ring (bicyclic) bond motifs is 1. The van der Waals surface area contributed by atoms with Crippen LogP contribution in [0.2, 0.25) is 0 Å². The molecule has 1 atom stereocenters. The second-order valence-corrected chi connectivity index (χ2v) is 11.4. The molecule has 1 aliphatic carbocycles. The maximum Gasteiger partial charge on any atom is 0.315 e. The quantitative estimate of drug-likeness (QED) is 0.247. The van der Waals surface area contributed by atoms with Gasteiger partial charge in [-0.2, -0.15) is 0 Å². The van der Waals surface area contributed by atoms with Gasteiger partial charge in [-0.25, -0.2) is 4.79 Å². The van der Waals surface area contributed by atoms with E-state index in [0.29, 0.717) is 37.3 Å². The minimum absolute atomic E-state index is 0.124. The number of urea groups is 1. The summed E-state index contributed by atoms with van der Waals surface area (Å²) in [7, 11) is 0. The van der Waals surface area contributed by atoms with Gasteiger partial charge in [0, 0.05) is 36.6 Å². The molecule has 1 unspecified atom stereocenters. The van der Waals surface area contributed by atoms with E-state index in [1.807, 2.05) is 24.4 Å². The Hall–Kier alpha value is -3.28. The Bertz CT molecular complexity index is 1200. The van der Waals surface area contributed by atoms with Crippen LogP contribution < -0.4 is 16.0 Å². The minimum atomic E-state index is -0.664. The highest BCUT2D eigenvalue weighted by Gasteiger charge is 2.24. The third-order valence-electron chi connectivity index (χ3n) is 7.93. The smallest absolute Gasteiger partial charge is 0.315 e. The van der Waals surface area contributed by atoms with E-state index in [-0.39, 0.29) is 11.9 Å². The summed E-state index contributed by atoms with van der Waals surface area (Å²) < 4.78 is 0. The molecule has 3 aromatic rings. The average molecular weight is 517 g/mol. The highest BCUT2D eigenvalue weighted by atomic mass is 16.2. The Labute approximate surface area is 227 Å². The van der Waals surface area contributed by atoms with Crippen molar-refractivity contribution < 1.29 is 9.59 Å². The third kappa shape index (κ3) is 6.97. The Kier molecular flexibility index (Phi) is 9.48. The van der Waals surface area contributed by atoms with Gasteiger partial charge in [0.2, 0.25) is 5.91 Å². The zero-order valence-electron chi connectivity index (χ0n) is 23.4. The van der Waals surface area contributed by atoms with Crippen LogP contribution in [0.25, 0.3) is 10.9 Å². The van der Waals surface area contributed by atoms with Crippen LogP contribution in [0.15, 0.2) is 48.7 Å². The van der Waals surface area contributed by atoms with Crippen LogP contribution in [-0.2, 0) is 17.8 Å². The molecule has 0 spiro atoms. The van der Waals surface area contributed by atoms with Crippen LogP contribution in [-0.4, -0.2) is 29.5 Å². The number of para-hydroxylation sites is 1. The number of hydrogen-bond donors (Lipinski definition) is 4. The van der Waals surface area contributed by atoms with Crippen molar-refractivity contribution >= 4 is 22.8 Å². The summed E-state index contributed by atoms with van der Waals surface area (Å²) in [6.07, 6.45) is 8.44. The summed E-state index contributed by atoms with van der Waals surface area (Å²) in [6, 6.07) is 13.5. The zero-order valence-corrected chi connectivity index (χ0v) is 23.4. The number of H-pyrrole nitrogens is 1. The van der Waals surface area contributed by atoms with E-state index < -0.39 is 6.04 Å². The lowest BCUT2D eigenvalue weighted by molar-refractivity contribution is -0.123. The van der Waals surface area contributed by atoms with Gasteiger partial charge in [-0.15, -0.1) is 0 Å². The number of benzene rings is 2. The molecule has 1 saturated carbocycles. The van der Waals surface area contributed by atoms with Gasteiger partial charge in [0.1, 0.15) is 6.04 Å². The second-order valence-electron chi connectivity index (χ2n) is 11.4. The first-order valence-corrected chi connectivity index (χ1v) is 14.3. The van der Waals surface area contributed by atoms with Crippen molar-refractivity contribution in [1.82, 2.24) is 20.9 Å². The Balaban J connectivity index is 1.47. The van der Waals surface area contributed by atoms with Gasteiger partial charge in [0.05, 0.1) is 0 Å². The predicted molar refractivity (Wildman–Crippen MR) is 155 cm³/mol. The van der Waals surface area contributed by atoms with E-state index >= 15 is 0 Å². The van der Waals surface area contributed by atoms with Crippen molar-refractivity contribution in [2.75, 3.05) is 6.54 Å². The standard InChI is InChI=1S/C32H44N4O2/c1-21(2)25-14-10-15-26(22(3)4)28(25)20-35-32(38)36-30(31(37)34-18-23-11-6-5-7-12-23)17-24-19-33-29-16-9-8-13-27(24)29/h8-10,13-16,19,21-23,30,33H,5-7,11-12,17-18,20H2,1-4H3,(H,34,37)(H2,35,36,38). The van der Waals surface area contributed by atoms with E-state index in [1.54, 1.807) is 0 Å². The first kappa shape index (κ1) is 27.7. The lowest BCUT2D eigenvalue weighted by atomic mass is 9.88. The molecule has 4 N–H and O–H groups in total. The number of hydrogen-bond acceptors (Lipinski definition) is 2. The maximum atomic E-state index is 13.4. The van der Waals surface area contributed by atoms with Crippen LogP contribution in [0, 0.1) is 5.92 Å². The number of amides is 3. The molecule has 0 saturated heterocycles. The van der Waals surface area contributed by atoms with Crippen molar-refractivity contribution in [3.8, 4) is 0 Å². The summed E-state index contributed by atoms with van der Waals surface area (Å²) in [5, 5.41) is 10.3. The Morgan fingerprint density at radius 3 is 2.26 bits per heavy atom. The first-order valence-electron chi connectivity index (χ1n) is 14.3. The molecule has 1 heterocycles. The normalized spacial score (nSPS) is 15.1. The molecule has 38 heavy (non-hydrogen) atoms. The maximum absolute atomic E-state index is 13.4. The molecule has 1 aliphatic rings. The molecule has 1 aromatic heterocycles. The molecule has 6 heteroatoms. The highest BCUT2D eigenvalue weighted by molar-refractivity contribution is 5.89. The van der Waals surface area contributed by atoms with E-state index in [4.69, 9.17) is 0 Å². The Morgan fingerprint density at radius 2 is 1.58 bits per heavy atom. The van der Waals surface area contributed by atoms with Crippen LogP contribution in [0.5, 0.6) is 0 Å². The van der Waals surface area contributed by atoms with Crippen LogP contribution in [0.4, 0.5) is 4.79 Å². The fourth-order valence-corrected chi connectivity index (χ4v) is 5.78. The monoisotopic (exact) mass is 516 g/mol. The molecule has 1 fully saturated rings. The predicted octanol–water partition coefficient (Wildman–Crippen LogP) is 6.52. The fourth-order valence-electron chi connectivity index (χ4n) is 5.78. The van der Waals surface area contributed by atoms with E-state index in [0.717, 1.165) is 29.3 Å². The van der Waals surface area contributed by atoms with Crippen LogP contribution >= 0.6 is 0 Å². The van der Waals surface area contributed by atoms with Crippen molar-refractivity contribution in [2.24, 2.45) is 5.92 Å². The summed E-state index contributed by atoms with van der Waals surface area (Å²) in [6.45, 7) is 9.81. The van der Waals surface area contributed by atoms with Gasteiger partial charge >= 0.3 is 6.03 Å². The molecule has 0 aliphatic heterocycles. The van der Waals surface area contributed by atoms with Gasteiger partial charge in [0.15, 0.2) is 0 Å². The van der Waals surface area contributed by atoms with Crippen LogP contribution in [0.1, 0.15) is 93.9 Å². The lowest BCUT2D eigenvalue weighted by Crippen LogP contribution is -2.51. The SMILES string of the molecule is CC(C)c1cccc(C(C)C)c1CNC(=O)NC(Cc1c[nH]c2ccccc12)C(=O)NCC1CCCCC1. The lowest BCUT2D eigenvalue weighted by Gasteiger charge is -2.24. The number of aromatic amines is 1.